The van der Waals surface area contributed by atoms with E-state index in [1.54, 1.807) is 18.2 Å². The zero-order valence-corrected chi connectivity index (χ0v) is 9.93. The van der Waals surface area contributed by atoms with E-state index in [0.29, 0.717) is 5.58 Å². The Morgan fingerprint density at radius 2 is 2.17 bits per heavy atom. The lowest BCUT2D eigenvalue weighted by Crippen LogP contribution is -2.01. The quantitative estimate of drug-likeness (QED) is 0.616. The molecular formula is C15H14O3. The van der Waals surface area contributed by atoms with Gasteiger partial charge in [0.1, 0.15) is 11.3 Å². The van der Waals surface area contributed by atoms with E-state index in [1.165, 1.54) is 6.07 Å². The van der Waals surface area contributed by atoms with Gasteiger partial charge in [-0.2, -0.15) is 0 Å². The normalized spacial score (nSPS) is 19.2. The monoisotopic (exact) mass is 242 g/mol. The molecule has 0 amide bonds. The van der Waals surface area contributed by atoms with Crippen LogP contribution < -0.4 is 5.63 Å². The summed E-state index contributed by atoms with van der Waals surface area (Å²) < 4.78 is 5.16. The molecule has 1 aromatic carbocycles. The van der Waals surface area contributed by atoms with Crippen LogP contribution in [0.2, 0.25) is 0 Å². The fraction of sp³-hybridized carbons (Fsp3) is 0.267. The molecule has 0 aliphatic heterocycles. The maximum Gasteiger partial charge on any atom is 0.336 e. The predicted octanol–water partition coefficient (Wildman–Crippen LogP) is 3.32. The van der Waals surface area contributed by atoms with Gasteiger partial charge in [0.2, 0.25) is 0 Å². The summed E-state index contributed by atoms with van der Waals surface area (Å²) in [6.45, 7) is 0. The molecule has 0 radical (unpaired) electrons. The van der Waals surface area contributed by atoms with Gasteiger partial charge in [-0.15, -0.1) is 0 Å². The van der Waals surface area contributed by atoms with Crippen molar-refractivity contribution < 1.29 is 9.52 Å². The predicted molar refractivity (Wildman–Crippen MR) is 69.9 cm³/mol. The summed E-state index contributed by atoms with van der Waals surface area (Å²) in [5.74, 6) is 0.488. The van der Waals surface area contributed by atoms with Gasteiger partial charge in [-0.25, -0.2) is 4.79 Å². The summed E-state index contributed by atoms with van der Waals surface area (Å²) in [7, 11) is 0. The molecular weight excluding hydrogens is 228 g/mol. The summed E-state index contributed by atoms with van der Waals surface area (Å²) in [4.78, 5) is 11.2. The van der Waals surface area contributed by atoms with Crippen LogP contribution in [0.1, 0.15) is 30.7 Å². The molecule has 1 unspecified atom stereocenters. The van der Waals surface area contributed by atoms with E-state index < -0.39 is 0 Å². The SMILES string of the molecule is O=c1ccc2cc(O)c(C3C=CCCC3)cc2o1. The van der Waals surface area contributed by atoms with E-state index in [-0.39, 0.29) is 17.3 Å². The Bertz CT molecular complexity index is 667. The number of aromatic hydroxyl groups is 1. The Balaban J connectivity index is 2.16. The Morgan fingerprint density at radius 3 is 2.94 bits per heavy atom. The van der Waals surface area contributed by atoms with Crippen LogP contribution in [0, 0.1) is 0 Å². The van der Waals surface area contributed by atoms with Crippen molar-refractivity contribution in [2.45, 2.75) is 25.2 Å². The minimum absolute atomic E-state index is 0.216. The minimum Gasteiger partial charge on any atom is -0.508 e. The molecule has 1 N–H and O–H groups in total. The standard InChI is InChI=1S/C15H14O3/c16-13-8-11-6-7-15(17)18-14(11)9-12(13)10-4-2-1-3-5-10/h2,4,6-10,16H,1,3,5H2. The van der Waals surface area contributed by atoms with Crippen LogP contribution in [0.4, 0.5) is 0 Å². The third kappa shape index (κ3) is 1.92. The highest BCUT2D eigenvalue weighted by atomic mass is 16.4. The zero-order chi connectivity index (χ0) is 12.5. The fourth-order valence-corrected chi connectivity index (χ4v) is 2.49. The molecule has 3 nitrogen and oxygen atoms in total. The lowest BCUT2D eigenvalue weighted by molar-refractivity contribution is 0.461. The van der Waals surface area contributed by atoms with Crippen molar-refractivity contribution in [2.24, 2.45) is 0 Å². The lowest BCUT2D eigenvalue weighted by Gasteiger charge is -2.18. The maximum atomic E-state index is 11.2. The molecule has 18 heavy (non-hydrogen) atoms. The number of benzene rings is 1. The van der Waals surface area contributed by atoms with Crippen LogP contribution >= 0.6 is 0 Å². The van der Waals surface area contributed by atoms with Gasteiger partial charge in [0.15, 0.2) is 0 Å². The molecule has 1 atom stereocenters. The Morgan fingerprint density at radius 1 is 1.28 bits per heavy atom. The first kappa shape index (κ1) is 11.1. The lowest BCUT2D eigenvalue weighted by atomic mass is 9.88. The third-order valence-electron chi connectivity index (χ3n) is 3.42. The maximum absolute atomic E-state index is 11.2. The van der Waals surface area contributed by atoms with Gasteiger partial charge in [-0.05, 0) is 37.5 Å². The fourth-order valence-electron chi connectivity index (χ4n) is 2.49. The molecule has 2 aromatic rings. The number of phenols is 1. The minimum atomic E-state index is -0.363. The first-order chi connectivity index (χ1) is 8.74. The van der Waals surface area contributed by atoms with Crippen LogP contribution in [0.25, 0.3) is 11.0 Å². The van der Waals surface area contributed by atoms with Crippen LogP contribution in [0.15, 0.2) is 45.6 Å². The van der Waals surface area contributed by atoms with Crippen molar-refractivity contribution in [3.05, 3.63) is 52.4 Å². The van der Waals surface area contributed by atoms with Crippen LogP contribution in [0.5, 0.6) is 5.75 Å². The van der Waals surface area contributed by atoms with Gasteiger partial charge < -0.3 is 9.52 Å². The van der Waals surface area contributed by atoms with E-state index in [0.717, 1.165) is 30.2 Å². The summed E-state index contributed by atoms with van der Waals surface area (Å²) in [5.41, 5.74) is 1.01. The molecule has 1 aliphatic carbocycles. The Hall–Kier alpha value is -2.03. The molecule has 0 saturated heterocycles. The molecule has 0 spiro atoms. The Kier molecular flexibility index (Phi) is 2.67. The second kappa shape index (κ2) is 4.33. The summed E-state index contributed by atoms with van der Waals surface area (Å²) in [6, 6.07) is 6.48. The van der Waals surface area contributed by atoms with Crippen LogP contribution in [-0.2, 0) is 0 Å². The summed E-state index contributed by atoms with van der Waals surface area (Å²) in [6.07, 6.45) is 7.49. The third-order valence-corrected chi connectivity index (χ3v) is 3.42. The van der Waals surface area contributed by atoms with Crippen molar-refractivity contribution in [1.29, 1.82) is 0 Å². The van der Waals surface area contributed by atoms with Crippen molar-refractivity contribution in [1.82, 2.24) is 0 Å². The second-order valence-electron chi connectivity index (χ2n) is 4.67. The first-order valence-electron chi connectivity index (χ1n) is 6.17. The largest absolute Gasteiger partial charge is 0.508 e. The number of fused-ring (bicyclic) bond motifs is 1. The second-order valence-corrected chi connectivity index (χ2v) is 4.67. The van der Waals surface area contributed by atoms with Gasteiger partial charge in [-0.1, -0.05) is 12.2 Å². The molecule has 1 heterocycles. The van der Waals surface area contributed by atoms with Gasteiger partial charge in [0.05, 0.1) is 0 Å². The first-order valence-corrected chi connectivity index (χ1v) is 6.17. The molecule has 0 bridgehead atoms. The van der Waals surface area contributed by atoms with Crippen molar-refractivity contribution in [2.75, 3.05) is 0 Å². The molecule has 1 aromatic heterocycles. The average Bonchev–Trinajstić information content (AvgIpc) is 2.39. The number of rotatable bonds is 1. The molecule has 3 heteroatoms. The average molecular weight is 242 g/mol. The number of allylic oxidation sites excluding steroid dienone is 2. The topological polar surface area (TPSA) is 50.4 Å². The molecule has 3 rings (SSSR count). The van der Waals surface area contributed by atoms with Crippen molar-refractivity contribution in [3.8, 4) is 5.75 Å². The molecule has 0 saturated carbocycles. The number of hydrogen-bond acceptors (Lipinski definition) is 3. The van der Waals surface area contributed by atoms with E-state index >= 15 is 0 Å². The molecule has 0 fully saturated rings. The van der Waals surface area contributed by atoms with Crippen LogP contribution in [0.3, 0.4) is 0 Å². The highest BCUT2D eigenvalue weighted by molar-refractivity contribution is 5.79. The van der Waals surface area contributed by atoms with E-state index in [2.05, 4.69) is 12.2 Å². The van der Waals surface area contributed by atoms with E-state index in [1.807, 2.05) is 0 Å². The summed E-state index contributed by atoms with van der Waals surface area (Å²) in [5, 5.41) is 10.8. The number of phenolic OH excluding ortho intramolecular Hbond substituents is 1. The highest BCUT2D eigenvalue weighted by Crippen LogP contribution is 2.35. The van der Waals surface area contributed by atoms with Crippen molar-refractivity contribution in [3.63, 3.8) is 0 Å². The summed E-state index contributed by atoms with van der Waals surface area (Å²) >= 11 is 0. The smallest absolute Gasteiger partial charge is 0.336 e. The highest BCUT2D eigenvalue weighted by Gasteiger charge is 2.16. The van der Waals surface area contributed by atoms with E-state index in [4.69, 9.17) is 4.42 Å². The van der Waals surface area contributed by atoms with Gasteiger partial charge in [-0.3, -0.25) is 0 Å². The number of hydrogen-bond donors (Lipinski definition) is 1. The molecule has 1 aliphatic rings. The van der Waals surface area contributed by atoms with Gasteiger partial charge >= 0.3 is 5.63 Å². The van der Waals surface area contributed by atoms with Gasteiger partial charge in [0.25, 0.3) is 0 Å². The Labute approximate surface area is 104 Å². The zero-order valence-electron chi connectivity index (χ0n) is 9.93. The molecule has 92 valence electrons. The van der Waals surface area contributed by atoms with Crippen LogP contribution in [-0.4, -0.2) is 5.11 Å². The van der Waals surface area contributed by atoms with E-state index in [9.17, 15) is 9.90 Å². The van der Waals surface area contributed by atoms with Crippen molar-refractivity contribution >= 4 is 11.0 Å². The van der Waals surface area contributed by atoms with Gasteiger partial charge in [0, 0.05) is 22.9 Å².